The van der Waals surface area contributed by atoms with Crippen molar-refractivity contribution in [2.75, 3.05) is 13.1 Å². The molecule has 1 aliphatic heterocycles. The van der Waals surface area contributed by atoms with Gasteiger partial charge in [0.15, 0.2) is 11.0 Å². The third-order valence-corrected chi connectivity index (χ3v) is 3.87. The van der Waals surface area contributed by atoms with E-state index < -0.39 is 0 Å². The van der Waals surface area contributed by atoms with Crippen LogP contribution in [-0.4, -0.2) is 29.9 Å². The summed E-state index contributed by atoms with van der Waals surface area (Å²) in [5, 5.41) is 0.219. The average molecular weight is 291 g/mol. The monoisotopic (exact) mass is 290 g/mol. The van der Waals surface area contributed by atoms with Crippen molar-refractivity contribution in [3.05, 3.63) is 59.0 Å². The lowest BCUT2D eigenvalue weighted by atomic mass is 9.95. The summed E-state index contributed by atoms with van der Waals surface area (Å²) in [5.74, 6) is 0.257. The maximum atomic E-state index is 12.3. The number of furan rings is 1. The smallest absolute Gasteiger partial charge is 0.289 e. The zero-order valence-corrected chi connectivity index (χ0v) is 11.6. The molecule has 4 nitrogen and oxygen atoms in total. The zero-order valence-electron chi connectivity index (χ0n) is 10.8. The van der Waals surface area contributed by atoms with Gasteiger partial charge >= 0.3 is 0 Å². The molecule has 3 rings (SSSR count). The highest BCUT2D eigenvalue weighted by Gasteiger charge is 2.35. The average Bonchev–Trinajstić information content (AvgIpc) is 3.05. The summed E-state index contributed by atoms with van der Waals surface area (Å²) in [4.78, 5) is 14.0. The molecular weight excluding hydrogens is 276 g/mol. The molecule has 5 heteroatoms. The van der Waals surface area contributed by atoms with Gasteiger partial charge in [0.25, 0.3) is 5.91 Å². The predicted molar refractivity (Wildman–Crippen MR) is 76.8 cm³/mol. The Kier molecular flexibility index (Phi) is 3.51. The minimum atomic E-state index is -0.161. The minimum Gasteiger partial charge on any atom is -0.440 e. The van der Waals surface area contributed by atoms with Crippen molar-refractivity contribution >= 4 is 17.5 Å². The normalized spacial score (nSPS) is 22.2. The van der Waals surface area contributed by atoms with Crippen LogP contribution in [-0.2, 0) is 0 Å². The first-order chi connectivity index (χ1) is 9.65. The molecule has 0 radical (unpaired) electrons. The molecular formula is C15H15ClN2O2. The molecule has 1 amide bonds. The summed E-state index contributed by atoms with van der Waals surface area (Å²) in [6.45, 7) is 1.12. The van der Waals surface area contributed by atoms with Crippen molar-refractivity contribution in [1.82, 2.24) is 4.90 Å². The predicted octanol–water partition coefficient (Wildman–Crippen LogP) is 2.50. The summed E-state index contributed by atoms with van der Waals surface area (Å²) in [6.07, 6.45) is 0. The summed E-state index contributed by atoms with van der Waals surface area (Å²) < 4.78 is 5.17. The fraction of sp³-hybridized carbons (Fsp3) is 0.267. The van der Waals surface area contributed by atoms with E-state index in [1.54, 1.807) is 17.0 Å². The lowest BCUT2D eigenvalue weighted by Crippen LogP contribution is -2.32. The number of likely N-dealkylation sites (tertiary alicyclic amines) is 1. The number of carbonyl (C=O) groups is 1. The highest BCUT2D eigenvalue weighted by Crippen LogP contribution is 2.28. The van der Waals surface area contributed by atoms with Gasteiger partial charge in [-0.25, -0.2) is 0 Å². The number of hydrogen-bond acceptors (Lipinski definition) is 3. The molecule has 2 N–H and O–H groups in total. The molecule has 0 bridgehead atoms. The Bertz CT molecular complexity index is 611. The summed E-state index contributed by atoms with van der Waals surface area (Å²) in [7, 11) is 0. The topological polar surface area (TPSA) is 59.5 Å². The lowest BCUT2D eigenvalue weighted by Gasteiger charge is -2.15. The van der Waals surface area contributed by atoms with Crippen LogP contribution in [0, 0.1) is 0 Å². The molecule has 1 aliphatic rings. The van der Waals surface area contributed by atoms with E-state index in [-0.39, 0.29) is 28.8 Å². The van der Waals surface area contributed by atoms with Crippen LogP contribution in [0.1, 0.15) is 22.0 Å². The van der Waals surface area contributed by atoms with Gasteiger partial charge in [-0.3, -0.25) is 4.79 Å². The van der Waals surface area contributed by atoms with E-state index in [1.807, 2.05) is 30.3 Å². The number of nitrogens with zero attached hydrogens (tertiary/aromatic N) is 1. The van der Waals surface area contributed by atoms with E-state index in [0.717, 1.165) is 5.56 Å². The second kappa shape index (κ2) is 5.31. The zero-order chi connectivity index (χ0) is 14.1. The van der Waals surface area contributed by atoms with Crippen molar-refractivity contribution in [2.24, 2.45) is 5.73 Å². The largest absolute Gasteiger partial charge is 0.440 e. The van der Waals surface area contributed by atoms with Gasteiger partial charge in [0.05, 0.1) is 0 Å². The number of carbonyl (C=O) groups excluding carboxylic acids is 1. The Hall–Kier alpha value is -1.78. The second-order valence-corrected chi connectivity index (χ2v) is 5.37. The molecule has 20 heavy (non-hydrogen) atoms. The molecule has 0 aliphatic carbocycles. The number of hydrogen-bond donors (Lipinski definition) is 1. The van der Waals surface area contributed by atoms with Crippen molar-refractivity contribution in [3.63, 3.8) is 0 Å². The van der Waals surface area contributed by atoms with Crippen LogP contribution in [0.5, 0.6) is 0 Å². The summed E-state index contributed by atoms with van der Waals surface area (Å²) >= 11 is 5.70. The number of rotatable bonds is 2. The van der Waals surface area contributed by atoms with E-state index in [0.29, 0.717) is 13.1 Å². The minimum absolute atomic E-state index is 0.0632. The van der Waals surface area contributed by atoms with Gasteiger partial charge in [-0.05, 0) is 29.3 Å². The third-order valence-electron chi connectivity index (χ3n) is 3.66. The Morgan fingerprint density at radius 2 is 1.95 bits per heavy atom. The first kappa shape index (κ1) is 13.2. The fourth-order valence-corrected chi connectivity index (χ4v) is 2.78. The highest BCUT2D eigenvalue weighted by atomic mass is 35.5. The van der Waals surface area contributed by atoms with Crippen LogP contribution < -0.4 is 5.73 Å². The quantitative estimate of drug-likeness (QED) is 0.924. The van der Waals surface area contributed by atoms with Crippen LogP contribution in [0.4, 0.5) is 0 Å². The van der Waals surface area contributed by atoms with E-state index in [1.165, 1.54) is 0 Å². The molecule has 104 valence electrons. The maximum Gasteiger partial charge on any atom is 0.289 e. The number of nitrogens with two attached hydrogens (primary N) is 1. The number of halogens is 1. The van der Waals surface area contributed by atoms with E-state index in [4.69, 9.17) is 21.8 Å². The van der Waals surface area contributed by atoms with Crippen molar-refractivity contribution in [2.45, 2.75) is 12.0 Å². The molecule has 0 unspecified atom stereocenters. The fourth-order valence-electron chi connectivity index (χ4n) is 2.63. The Morgan fingerprint density at radius 1 is 1.20 bits per heavy atom. The third kappa shape index (κ3) is 2.44. The van der Waals surface area contributed by atoms with Gasteiger partial charge in [0, 0.05) is 25.0 Å². The molecule has 1 saturated heterocycles. The second-order valence-electron chi connectivity index (χ2n) is 4.99. The van der Waals surface area contributed by atoms with Crippen LogP contribution in [0.25, 0.3) is 0 Å². The number of amides is 1. The van der Waals surface area contributed by atoms with Crippen LogP contribution in [0.3, 0.4) is 0 Å². The first-order valence-electron chi connectivity index (χ1n) is 6.50. The van der Waals surface area contributed by atoms with Gasteiger partial charge in [-0.15, -0.1) is 0 Å². The molecule has 2 aromatic rings. The molecule has 0 saturated carbocycles. The Balaban J connectivity index is 1.77. The molecule has 1 aromatic carbocycles. The van der Waals surface area contributed by atoms with Crippen LogP contribution in [0.2, 0.25) is 5.22 Å². The standard InChI is InChI=1S/C15H15ClN2O2/c16-14-7-6-13(20-14)15(19)18-8-11(12(17)9-18)10-4-2-1-3-5-10/h1-7,11-12H,8-9,17H2/t11-,12+/m0/s1. The SMILES string of the molecule is N[C@@H]1CN(C(=O)c2ccc(Cl)o2)C[C@H]1c1ccccc1. The van der Waals surface area contributed by atoms with Gasteiger partial charge in [0.2, 0.25) is 0 Å². The van der Waals surface area contributed by atoms with Crippen LogP contribution >= 0.6 is 11.6 Å². The van der Waals surface area contributed by atoms with Gasteiger partial charge in [-0.2, -0.15) is 0 Å². The van der Waals surface area contributed by atoms with Crippen molar-refractivity contribution in [1.29, 1.82) is 0 Å². The highest BCUT2D eigenvalue weighted by molar-refractivity contribution is 6.29. The number of benzene rings is 1. The van der Waals surface area contributed by atoms with Gasteiger partial charge < -0.3 is 15.1 Å². The lowest BCUT2D eigenvalue weighted by molar-refractivity contribution is 0.0757. The summed E-state index contributed by atoms with van der Waals surface area (Å²) in [6, 6.07) is 13.1. The molecule has 2 atom stereocenters. The molecule has 1 fully saturated rings. The molecule has 0 spiro atoms. The molecule has 2 heterocycles. The summed E-state index contributed by atoms with van der Waals surface area (Å²) in [5.41, 5.74) is 7.33. The van der Waals surface area contributed by atoms with E-state index in [9.17, 15) is 4.79 Å². The van der Waals surface area contributed by atoms with E-state index >= 15 is 0 Å². The van der Waals surface area contributed by atoms with Gasteiger partial charge in [-0.1, -0.05) is 30.3 Å². The first-order valence-corrected chi connectivity index (χ1v) is 6.88. The maximum absolute atomic E-state index is 12.3. The van der Waals surface area contributed by atoms with Crippen molar-refractivity contribution < 1.29 is 9.21 Å². The Morgan fingerprint density at radius 3 is 2.60 bits per heavy atom. The molecule has 1 aromatic heterocycles. The Labute approximate surface area is 122 Å². The van der Waals surface area contributed by atoms with Crippen molar-refractivity contribution in [3.8, 4) is 0 Å². The van der Waals surface area contributed by atoms with E-state index in [2.05, 4.69) is 0 Å². The van der Waals surface area contributed by atoms with Crippen LogP contribution in [0.15, 0.2) is 46.9 Å². The van der Waals surface area contributed by atoms with Gasteiger partial charge in [0.1, 0.15) is 0 Å².